The molecule has 0 aromatic heterocycles. The number of hydrazine groups is 1. The van der Waals surface area contributed by atoms with Gasteiger partial charge >= 0.3 is 0 Å². The van der Waals surface area contributed by atoms with Crippen molar-refractivity contribution in [1.82, 2.24) is 21.5 Å². The summed E-state index contributed by atoms with van der Waals surface area (Å²) in [6, 6.07) is 6.28. The number of hydrogen-bond donors (Lipinski definition) is 4. The largest absolute Gasteiger partial charge is 0.347 e. The van der Waals surface area contributed by atoms with Crippen molar-refractivity contribution in [2.45, 2.75) is 45.3 Å². The highest BCUT2D eigenvalue weighted by Crippen LogP contribution is 2.33. The Morgan fingerprint density at radius 3 is 2.56 bits per heavy atom. The van der Waals surface area contributed by atoms with E-state index in [1.54, 1.807) is 12.1 Å². The van der Waals surface area contributed by atoms with Crippen LogP contribution in [-0.2, 0) is 4.79 Å². The number of rotatable bonds is 3. The summed E-state index contributed by atoms with van der Waals surface area (Å²) in [6.45, 7) is 8.04. The topological polar surface area (TPSA) is 65.2 Å². The first-order valence-corrected chi connectivity index (χ1v) is 8.64. The third-order valence-electron chi connectivity index (χ3n) is 5.02. The molecular weight excluding hydrogens is 343 g/mol. The Kier molecular flexibility index (Phi) is 6.43. The molecule has 3 rings (SSSR count). The van der Waals surface area contributed by atoms with Gasteiger partial charge in [0.1, 0.15) is 11.9 Å². The van der Waals surface area contributed by atoms with E-state index in [0.29, 0.717) is 6.04 Å². The van der Waals surface area contributed by atoms with Crippen molar-refractivity contribution in [2.75, 3.05) is 13.1 Å². The number of carbonyl (C=O) groups is 1. The average molecular weight is 371 g/mol. The Morgan fingerprint density at radius 2 is 1.92 bits per heavy atom. The summed E-state index contributed by atoms with van der Waals surface area (Å²) in [7, 11) is 0. The van der Waals surface area contributed by atoms with Crippen LogP contribution in [0.5, 0.6) is 0 Å². The molecule has 25 heavy (non-hydrogen) atoms. The minimum absolute atomic E-state index is 0. The summed E-state index contributed by atoms with van der Waals surface area (Å²) < 4.78 is 13.2. The van der Waals surface area contributed by atoms with Crippen molar-refractivity contribution in [3.8, 4) is 0 Å². The smallest absolute Gasteiger partial charge is 0.239 e. The molecule has 140 valence electrons. The summed E-state index contributed by atoms with van der Waals surface area (Å²) in [5, 5.41) is 6.54. The van der Waals surface area contributed by atoms with Gasteiger partial charge in [-0.2, -0.15) is 0 Å². The maximum atomic E-state index is 13.2. The van der Waals surface area contributed by atoms with Gasteiger partial charge in [0.05, 0.1) is 6.04 Å². The van der Waals surface area contributed by atoms with Crippen molar-refractivity contribution < 1.29 is 9.18 Å². The Balaban J connectivity index is 0.00000225. The Morgan fingerprint density at radius 1 is 1.24 bits per heavy atom. The van der Waals surface area contributed by atoms with Crippen molar-refractivity contribution >= 4 is 18.3 Å². The lowest BCUT2D eigenvalue weighted by Crippen LogP contribution is -2.51. The molecule has 2 aliphatic heterocycles. The fourth-order valence-electron chi connectivity index (χ4n) is 3.66. The molecule has 0 aliphatic carbocycles. The Bertz CT molecular complexity index is 590. The van der Waals surface area contributed by atoms with Crippen LogP contribution < -0.4 is 21.5 Å². The third kappa shape index (κ3) is 4.50. The number of benzene rings is 1. The van der Waals surface area contributed by atoms with E-state index >= 15 is 0 Å². The van der Waals surface area contributed by atoms with Crippen LogP contribution in [0.25, 0.3) is 0 Å². The van der Waals surface area contributed by atoms with Gasteiger partial charge in [0, 0.05) is 18.5 Å². The van der Waals surface area contributed by atoms with E-state index in [4.69, 9.17) is 0 Å². The molecule has 5 nitrogen and oxygen atoms in total. The minimum atomic E-state index is -0.268. The van der Waals surface area contributed by atoms with Gasteiger partial charge in [0.2, 0.25) is 5.91 Å². The van der Waals surface area contributed by atoms with Crippen LogP contribution in [-0.4, -0.2) is 31.1 Å². The van der Waals surface area contributed by atoms with Crippen LogP contribution in [0.4, 0.5) is 4.39 Å². The molecule has 1 aromatic carbocycles. The molecule has 0 bridgehead atoms. The quantitative estimate of drug-likeness (QED) is 0.656. The summed E-state index contributed by atoms with van der Waals surface area (Å²) >= 11 is 0. The van der Waals surface area contributed by atoms with Crippen molar-refractivity contribution in [3.05, 3.63) is 35.6 Å². The van der Waals surface area contributed by atoms with Gasteiger partial charge in [-0.3, -0.25) is 10.2 Å². The molecule has 4 N–H and O–H groups in total. The van der Waals surface area contributed by atoms with Gasteiger partial charge in [0.15, 0.2) is 0 Å². The molecule has 0 radical (unpaired) electrons. The summed E-state index contributed by atoms with van der Waals surface area (Å²) in [5.74, 6) is -0.0361. The van der Waals surface area contributed by atoms with Crippen LogP contribution >= 0.6 is 12.4 Å². The second-order valence-corrected chi connectivity index (χ2v) is 7.89. The van der Waals surface area contributed by atoms with Crippen molar-refractivity contribution in [3.63, 3.8) is 0 Å². The van der Waals surface area contributed by atoms with E-state index < -0.39 is 0 Å². The van der Waals surface area contributed by atoms with E-state index in [9.17, 15) is 9.18 Å². The molecule has 1 aromatic rings. The molecule has 2 aliphatic rings. The van der Waals surface area contributed by atoms with Crippen LogP contribution in [0.1, 0.15) is 38.8 Å². The van der Waals surface area contributed by atoms with Gasteiger partial charge < -0.3 is 10.6 Å². The first-order valence-electron chi connectivity index (χ1n) is 8.64. The summed E-state index contributed by atoms with van der Waals surface area (Å²) in [6.07, 6.45) is 1.02. The van der Waals surface area contributed by atoms with Gasteiger partial charge in [-0.1, -0.05) is 32.9 Å². The van der Waals surface area contributed by atoms with Gasteiger partial charge in [-0.05, 0) is 36.1 Å². The lowest BCUT2D eigenvalue weighted by molar-refractivity contribution is -0.125. The Labute approximate surface area is 154 Å². The fraction of sp³-hybridized carbons (Fsp3) is 0.611. The van der Waals surface area contributed by atoms with Crippen molar-refractivity contribution in [1.29, 1.82) is 0 Å². The zero-order valence-corrected chi connectivity index (χ0v) is 15.8. The second kappa shape index (κ2) is 7.99. The predicted octanol–water partition coefficient (Wildman–Crippen LogP) is 1.91. The number of piperidine rings is 1. The number of carbonyl (C=O) groups excluding carboxylic acids is 1. The molecule has 2 fully saturated rings. The maximum absolute atomic E-state index is 13.2. The number of hydrogen-bond acceptors (Lipinski definition) is 4. The standard InChI is InChI=1S/C18H27FN4O.ClH/c1-18(2,3)16(11-4-6-12(19)7-5-11)21-17(24)15-13-10-20-9-8-14(13)22-23-15;/h4-7,13-16,20,22-23H,8-10H2,1-3H3,(H,21,24);1H. The zero-order chi connectivity index (χ0) is 17.3. The molecule has 7 heteroatoms. The SMILES string of the molecule is CC(C)(C)C(NC(=O)C1NNC2CCNCC21)c1ccc(F)cc1.Cl. The highest BCUT2D eigenvalue weighted by atomic mass is 35.5. The van der Waals surface area contributed by atoms with E-state index in [1.807, 2.05) is 0 Å². The molecule has 4 unspecified atom stereocenters. The molecule has 0 spiro atoms. The maximum Gasteiger partial charge on any atom is 0.239 e. The molecule has 2 saturated heterocycles. The molecule has 2 heterocycles. The highest BCUT2D eigenvalue weighted by Gasteiger charge is 2.42. The minimum Gasteiger partial charge on any atom is -0.347 e. The van der Waals surface area contributed by atoms with E-state index in [-0.39, 0.29) is 47.5 Å². The van der Waals surface area contributed by atoms with E-state index in [2.05, 4.69) is 42.3 Å². The molecule has 0 saturated carbocycles. The molecule has 1 amide bonds. The van der Waals surface area contributed by atoms with Crippen LogP contribution in [0.3, 0.4) is 0 Å². The fourth-order valence-corrected chi connectivity index (χ4v) is 3.66. The van der Waals surface area contributed by atoms with E-state index in [0.717, 1.165) is 25.1 Å². The number of halogens is 2. The normalized spacial score (nSPS) is 27.1. The van der Waals surface area contributed by atoms with E-state index in [1.165, 1.54) is 12.1 Å². The molecular formula is C18H28ClFN4O. The van der Waals surface area contributed by atoms with Crippen LogP contribution in [0.15, 0.2) is 24.3 Å². The number of fused-ring (bicyclic) bond motifs is 1. The van der Waals surface area contributed by atoms with Crippen molar-refractivity contribution in [2.24, 2.45) is 11.3 Å². The number of nitrogens with one attached hydrogen (secondary N) is 4. The monoisotopic (exact) mass is 370 g/mol. The molecule has 4 atom stereocenters. The summed E-state index contributed by atoms with van der Waals surface area (Å²) in [5.41, 5.74) is 7.14. The van der Waals surface area contributed by atoms with Gasteiger partial charge in [0.25, 0.3) is 0 Å². The summed E-state index contributed by atoms with van der Waals surface area (Å²) in [4.78, 5) is 12.9. The lowest BCUT2D eigenvalue weighted by atomic mass is 9.81. The average Bonchev–Trinajstić information content (AvgIpc) is 2.96. The lowest BCUT2D eigenvalue weighted by Gasteiger charge is -2.34. The zero-order valence-electron chi connectivity index (χ0n) is 14.9. The Hall–Kier alpha value is -1.21. The highest BCUT2D eigenvalue weighted by molar-refractivity contribution is 5.85. The third-order valence-corrected chi connectivity index (χ3v) is 5.02. The predicted molar refractivity (Wildman–Crippen MR) is 98.8 cm³/mol. The van der Waals surface area contributed by atoms with Crippen LogP contribution in [0, 0.1) is 17.2 Å². The number of amides is 1. The van der Waals surface area contributed by atoms with Gasteiger partial charge in [-0.25, -0.2) is 9.82 Å². The van der Waals surface area contributed by atoms with Crippen LogP contribution in [0.2, 0.25) is 0 Å². The van der Waals surface area contributed by atoms with Gasteiger partial charge in [-0.15, -0.1) is 12.4 Å². The first-order chi connectivity index (χ1) is 11.4. The second-order valence-electron chi connectivity index (χ2n) is 7.89. The first kappa shape index (κ1) is 20.1.